The highest BCUT2D eigenvalue weighted by Crippen LogP contribution is 2.29. The summed E-state index contributed by atoms with van der Waals surface area (Å²) in [6.45, 7) is 1.45. The Bertz CT molecular complexity index is 465. The summed E-state index contributed by atoms with van der Waals surface area (Å²) in [6.07, 6.45) is -4.03. The van der Waals surface area contributed by atoms with Crippen LogP contribution in [0.5, 0.6) is 0 Å². The minimum Gasteiger partial charge on any atom is -0.399 e. The zero-order chi connectivity index (χ0) is 14.8. The molecule has 0 aliphatic rings. The lowest BCUT2D eigenvalue weighted by molar-refractivity contribution is -0.181. The van der Waals surface area contributed by atoms with E-state index in [0.717, 1.165) is 7.05 Å². The highest BCUT2D eigenvalue weighted by Gasteiger charge is 2.51. The summed E-state index contributed by atoms with van der Waals surface area (Å²) in [5, 5.41) is 0. The molecule has 1 aromatic rings. The van der Waals surface area contributed by atoms with Crippen LogP contribution < -0.4 is 5.73 Å². The Kier molecular flexibility index (Phi) is 4.39. The van der Waals surface area contributed by atoms with Gasteiger partial charge in [-0.1, -0.05) is 12.1 Å². The minimum atomic E-state index is -4.69. The van der Waals surface area contributed by atoms with E-state index in [1.807, 2.05) is 0 Å². The second-order valence-electron chi connectivity index (χ2n) is 4.19. The molecule has 7 heteroatoms. The van der Waals surface area contributed by atoms with Gasteiger partial charge < -0.3 is 10.6 Å². The number of anilines is 1. The number of benzene rings is 1. The van der Waals surface area contributed by atoms with Gasteiger partial charge in [-0.3, -0.25) is 4.79 Å². The third-order valence-corrected chi connectivity index (χ3v) is 2.85. The number of carbonyl (C=O) groups is 1. The Morgan fingerprint density at radius 3 is 2.42 bits per heavy atom. The van der Waals surface area contributed by atoms with Crippen LogP contribution in [0.1, 0.15) is 18.5 Å². The molecule has 1 aromatic carbocycles. The number of nitrogen functional groups attached to an aromatic ring is 1. The Morgan fingerprint density at radius 2 is 1.95 bits per heavy atom. The van der Waals surface area contributed by atoms with Crippen LogP contribution in [0.25, 0.3) is 0 Å². The first-order valence-electron chi connectivity index (χ1n) is 5.46. The van der Waals surface area contributed by atoms with Gasteiger partial charge in [0.2, 0.25) is 0 Å². The Morgan fingerprint density at radius 1 is 1.37 bits per heavy atom. The number of alkyl halides is 4. The number of amides is 1. The van der Waals surface area contributed by atoms with Crippen molar-refractivity contribution in [3.8, 4) is 0 Å². The van der Waals surface area contributed by atoms with Crippen molar-refractivity contribution >= 4 is 11.6 Å². The third-order valence-electron chi connectivity index (χ3n) is 2.85. The fraction of sp³-hybridized carbons (Fsp3) is 0.417. The lowest BCUT2D eigenvalue weighted by atomic mass is 10.1. The van der Waals surface area contributed by atoms with Gasteiger partial charge in [0.1, 0.15) is 0 Å². The molecule has 0 saturated carbocycles. The van der Waals surface area contributed by atoms with Crippen LogP contribution >= 0.6 is 0 Å². The van der Waals surface area contributed by atoms with E-state index in [2.05, 4.69) is 0 Å². The van der Waals surface area contributed by atoms with Gasteiger partial charge in [-0.2, -0.15) is 8.78 Å². The van der Waals surface area contributed by atoms with Crippen molar-refractivity contribution < 1.29 is 22.4 Å². The SMILES string of the molecule is CC(c1cccc(N)c1)N(C)C(=O)C(F)(F)C(F)F. The number of rotatable bonds is 4. The van der Waals surface area contributed by atoms with Crippen molar-refractivity contribution in [1.82, 2.24) is 4.90 Å². The molecule has 0 fully saturated rings. The maximum Gasteiger partial charge on any atom is 0.383 e. The van der Waals surface area contributed by atoms with Crippen LogP contribution in [-0.2, 0) is 4.79 Å². The van der Waals surface area contributed by atoms with Crippen LogP contribution in [0.15, 0.2) is 24.3 Å². The van der Waals surface area contributed by atoms with Crippen molar-refractivity contribution in [2.24, 2.45) is 0 Å². The molecule has 0 heterocycles. The Labute approximate surface area is 108 Å². The topological polar surface area (TPSA) is 46.3 Å². The summed E-state index contributed by atoms with van der Waals surface area (Å²) in [5.74, 6) is -6.61. The monoisotopic (exact) mass is 278 g/mol. The van der Waals surface area contributed by atoms with Gasteiger partial charge in [-0.25, -0.2) is 8.78 Å². The van der Waals surface area contributed by atoms with Crippen molar-refractivity contribution in [3.05, 3.63) is 29.8 Å². The summed E-state index contributed by atoms with van der Waals surface area (Å²) in [6, 6.07) is 5.46. The largest absolute Gasteiger partial charge is 0.399 e. The van der Waals surface area contributed by atoms with Crippen LogP contribution in [0, 0.1) is 0 Å². The van der Waals surface area contributed by atoms with E-state index >= 15 is 0 Å². The van der Waals surface area contributed by atoms with Gasteiger partial charge in [-0.15, -0.1) is 0 Å². The van der Waals surface area contributed by atoms with Gasteiger partial charge in [0, 0.05) is 12.7 Å². The zero-order valence-corrected chi connectivity index (χ0v) is 10.4. The van der Waals surface area contributed by atoms with E-state index in [9.17, 15) is 22.4 Å². The van der Waals surface area contributed by atoms with Gasteiger partial charge in [-0.05, 0) is 24.6 Å². The summed E-state index contributed by atoms with van der Waals surface area (Å²) in [5.41, 5.74) is 6.42. The Hall–Kier alpha value is -1.79. The van der Waals surface area contributed by atoms with Gasteiger partial charge in [0.25, 0.3) is 5.91 Å². The maximum atomic E-state index is 13.0. The molecule has 0 spiro atoms. The average molecular weight is 278 g/mol. The van der Waals surface area contributed by atoms with E-state index in [1.54, 1.807) is 18.2 Å². The highest BCUT2D eigenvalue weighted by molar-refractivity contribution is 5.84. The number of carbonyl (C=O) groups excluding carboxylic acids is 1. The molecule has 0 saturated heterocycles. The molecule has 0 aromatic heterocycles. The van der Waals surface area contributed by atoms with Crippen LogP contribution in [-0.4, -0.2) is 30.2 Å². The first-order valence-corrected chi connectivity index (χ1v) is 5.46. The van der Waals surface area contributed by atoms with Gasteiger partial charge in [0.15, 0.2) is 0 Å². The molecule has 1 atom stereocenters. The molecule has 1 unspecified atom stereocenters. The van der Waals surface area contributed by atoms with Gasteiger partial charge >= 0.3 is 12.3 Å². The molecule has 0 aliphatic heterocycles. The van der Waals surface area contributed by atoms with Crippen molar-refractivity contribution in [2.75, 3.05) is 12.8 Å². The minimum absolute atomic E-state index is 0.394. The van der Waals surface area contributed by atoms with Crippen molar-refractivity contribution in [3.63, 3.8) is 0 Å². The number of halogens is 4. The number of nitrogens with two attached hydrogens (primary N) is 1. The lowest BCUT2D eigenvalue weighted by Crippen LogP contribution is -2.46. The van der Waals surface area contributed by atoms with E-state index in [1.165, 1.54) is 13.0 Å². The summed E-state index contributed by atoms with van der Waals surface area (Å²) < 4.78 is 50.2. The third kappa shape index (κ3) is 3.15. The molecular formula is C12H14F4N2O. The summed E-state index contributed by atoms with van der Waals surface area (Å²) >= 11 is 0. The fourth-order valence-electron chi connectivity index (χ4n) is 1.55. The van der Waals surface area contributed by atoms with Gasteiger partial charge in [0.05, 0.1) is 6.04 Å². The molecular weight excluding hydrogens is 264 g/mol. The number of hydrogen-bond acceptors (Lipinski definition) is 2. The second kappa shape index (κ2) is 5.46. The van der Waals surface area contributed by atoms with Crippen molar-refractivity contribution in [2.45, 2.75) is 25.3 Å². The van der Waals surface area contributed by atoms with E-state index in [0.29, 0.717) is 16.2 Å². The molecule has 0 radical (unpaired) electrons. The number of nitrogens with zero attached hydrogens (tertiary/aromatic N) is 1. The predicted octanol–water partition coefficient (Wildman–Crippen LogP) is 2.69. The quantitative estimate of drug-likeness (QED) is 0.680. The summed E-state index contributed by atoms with van der Waals surface area (Å²) in [4.78, 5) is 12.0. The fourth-order valence-corrected chi connectivity index (χ4v) is 1.55. The molecule has 1 amide bonds. The van der Waals surface area contributed by atoms with E-state index < -0.39 is 24.3 Å². The normalized spacial score (nSPS) is 13.4. The molecule has 19 heavy (non-hydrogen) atoms. The van der Waals surface area contributed by atoms with E-state index in [4.69, 9.17) is 5.73 Å². The van der Waals surface area contributed by atoms with Crippen molar-refractivity contribution in [1.29, 1.82) is 0 Å². The molecule has 3 nitrogen and oxygen atoms in total. The summed E-state index contributed by atoms with van der Waals surface area (Å²) in [7, 11) is 1.05. The molecule has 1 rings (SSSR count). The van der Waals surface area contributed by atoms with Crippen LogP contribution in [0.3, 0.4) is 0 Å². The molecule has 0 aliphatic carbocycles. The molecule has 0 bridgehead atoms. The predicted molar refractivity (Wildman–Crippen MR) is 63.0 cm³/mol. The number of hydrogen-bond donors (Lipinski definition) is 1. The molecule has 106 valence electrons. The zero-order valence-electron chi connectivity index (χ0n) is 10.4. The van der Waals surface area contributed by atoms with Crippen LogP contribution in [0.2, 0.25) is 0 Å². The highest BCUT2D eigenvalue weighted by atomic mass is 19.3. The van der Waals surface area contributed by atoms with E-state index in [-0.39, 0.29) is 0 Å². The Balaban J connectivity index is 2.94. The lowest BCUT2D eigenvalue weighted by Gasteiger charge is -2.28. The standard InChI is InChI=1S/C12H14F4N2O/c1-7(8-4-3-5-9(17)6-8)18(2)11(19)12(15,16)10(13)14/h3-7,10H,17H2,1-2H3. The second-order valence-corrected chi connectivity index (χ2v) is 4.19. The average Bonchev–Trinajstić information content (AvgIpc) is 2.35. The first kappa shape index (κ1) is 15.3. The molecule has 2 N–H and O–H groups in total. The van der Waals surface area contributed by atoms with Crippen LogP contribution in [0.4, 0.5) is 23.2 Å². The maximum absolute atomic E-state index is 13.0. The smallest absolute Gasteiger partial charge is 0.383 e. The first-order chi connectivity index (χ1) is 8.67.